The van der Waals surface area contributed by atoms with Gasteiger partial charge in [0.15, 0.2) is 0 Å². The molecule has 178 valence electrons. The Morgan fingerprint density at radius 2 is 1.88 bits per heavy atom. The molecule has 7 heteroatoms. The van der Waals surface area contributed by atoms with Gasteiger partial charge in [-0.3, -0.25) is 4.79 Å². The fourth-order valence-corrected chi connectivity index (χ4v) is 6.84. The Labute approximate surface area is 192 Å². The van der Waals surface area contributed by atoms with E-state index in [4.69, 9.17) is 4.74 Å². The summed E-state index contributed by atoms with van der Waals surface area (Å²) in [5.74, 6) is 4.21. The fourth-order valence-electron chi connectivity index (χ4n) is 6.84. The smallest absolute Gasteiger partial charge is 0.258 e. The minimum atomic E-state index is 0.00597. The molecule has 0 aromatic carbocycles. The van der Waals surface area contributed by atoms with Crippen molar-refractivity contribution in [2.24, 2.45) is 29.6 Å². The fraction of sp³-hybridized carbons (Fsp3) is 0.840. The molecule has 4 aliphatic carbocycles. The maximum absolute atomic E-state index is 13.4. The molecule has 1 saturated heterocycles. The van der Waals surface area contributed by atoms with Crippen LogP contribution in [0.4, 0.5) is 0 Å². The first kappa shape index (κ1) is 22.2. The summed E-state index contributed by atoms with van der Waals surface area (Å²) in [5, 5.41) is 11.5. The summed E-state index contributed by atoms with van der Waals surface area (Å²) in [6.07, 6.45) is 9.55. The molecule has 4 saturated carbocycles. The molecule has 4 bridgehead atoms. The third-order valence-electron chi connectivity index (χ3n) is 8.17. The van der Waals surface area contributed by atoms with E-state index < -0.39 is 0 Å². The number of amides is 1. The lowest BCUT2D eigenvalue weighted by Crippen LogP contribution is -2.55. The Hall–Kier alpha value is -1.60. The molecule has 7 nitrogen and oxygen atoms in total. The molecule has 0 atom stereocenters. The first-order valence-corrected chi connectivity index (χ1v) is 13.0. The second-order valence-electron chi connectivity index (χ2n) is 11.2. The lowest BCUT2D eigenvalue weighted by Gasteiger charge is -2.54. The average molecular weight is 444 g/mol. The van der Waals surface area contributed by atoms with E-state index in [1.165, 1.54) is 38.5 Å². The number of nitrogens with zero attached hydrogens (tertiary/aromatic N) is 3. The van der Waals surface area contributed by atoms with E-state index in [9.17, 15) is 4.79 Å². The molecule has 2 heterocycles. The minimum Gasteiger partial charge on any atom is -0.477 e. The van der Waals surface area contributed by atoms with Crippen LogP contribution >= 0.6 is 0 Å². The summed E-state index contributed by atoms with van der Waals surface area (Å²) in [6.45, 7) is 10.8. The summed E-state index contributed by atoms with van der Waals surface area (Å²) < 4.78 is 8.08. The predicted octanol–water partition coefficient (Wildman–Crippen LogP) is 2.77. The van der Waals surface area contributed by atoms with Gasteiger partial charge in [-0.15, -0.1) is 0 Å². The van der Waals surface area contributed by atoms with Crippen molar-refractivity contribution in [1.29, 1.82) is 0 Å². The normalized spacial score (nSPS) is 32.3. The topological polar surface area (TPSA) is 71.4 Å². The van der Waals surface area contributed by atoms with Gasteiger partial charge in [-0.05, 0) is 81.2 Å². The van der Waals surface area contributed by atoms with Gasteiger partial charge < -0.3 is 20.3 Å². The molecule has 32 heavy (non-hydrogen) atoms. The zero-order valence-corrected chi connectivity index (χ0v) is 19.9. The first-order chi connectivity index (χ1) is 15.6. The van der Waals surface area contributed by atoms with Crippen LogP contribution in [0.5, 0.6) is 5.88 Å². The van der Waals surface area contributed by atoms with Gasteiger partial charge >= 0.3 is 0 Å². The zero-order valence-electron chi connectivity index (χ0n) is 19.9. The third-order valence-corrected chi connectivity index (χ3v) is 8.17. The van der Waals surface area contributed by atoms with Gasteiger partial charge in [0.2, 0.25) is 5.88 Å². The number of carbonyl (C=O) groups is 1. The van der Waals surface area contributed by atoms with Gasteiger partial charge in [0.1, 0.15) is 5.56 Å². The Morgan fingerprint density at radius 3 is 2.59 bits per heavy atom. The number of ether oxygens (including phenoxy) is 1. The van der Waals surface area contributed by atoms with Gasteiger partial charge in [-0.1, -0.05) is 13.8 Å². The van der Waals surface area contributed by atoms with Gasteiger partial charge in [0.25, 0.3) is 5.91 Å². The van der Waals surface area contributed by atoms with E-state index in [1.54, 1.807) is 6.20 Å². The van der Waals surface area contributed by atoms with Crippen LogP contribution in [0, 0.1) is 29.6 Å². The monoisotopic (exact) mass is 443 g/mol. The van der Waals surface area contributed by atoms with E-state index in [0.717, 1.165) is 51.1 Å². The summed E-state index contributed by atoms with van der Waals surface area (Å²) in [6, 6.07) is 0.334. The van der Waals surface area contributed by atoms with Crippen molar-refractivity contribution < 1.29 is 9.53 Å². The van der Waals surface area contributed by atoms with E-state index in [2.05, 4.69) is 34.5 Å². The average Bonchev–Trinajstić information content (AvgIpc) is 2.98. The number of carbonyl (C=O) groups excluding carboxylic acids is 1. The molecule has 1 aliphatic heterocycles. The van der Waals surface area contributed by atoms with Crippen LogP contribution < -0.4 is 15.4 Å². The van der Waals surface area contributed by atoms with E-state index in [-0.39, 0.29) is 5.91 Å². The van der Waals surface area contributed by atoms with Crippen molar-refractivity contribution in [1.82, 2.24) is 25.3 Å². The first-order valence-electron chi connectivity index (χ1n) is 13.0. The molecule has 0 unspecified atom stereocenters. The third kappa shape index (κ3) is 4.84. The standard InChI is InChI=1S/C25H41N5O2/c1-17(2)16-32-25-22(15-27-30(25)9-8-29-6-3-4-26-5-7-29)24(31)28-23-20-11-18-10-19(13-20)14-21(23)12-18/h15,17-21,23,26H,3-14,16H2,1-2H3,(H,28,31). The highest BCUT2D eigenvalue weighted by atomic mass is 16.5. The lowest BCUT2D eigenvalue weighted by atomic mass is 9.54. The second-order valence-corrected chi connectivity index (χ2v) is 11.2. The second kappa shape index (κ2) is 9.72. The van der Waals surface area contributed by atoms with E-state index in [1.807, 2.05) is 4.68 Å². The number of hydrogen-bond donors (Lipinski definition) is 2. The van der Waals surface area contributed by atoms with Crippen LogP contribution in [0.2, 0.25) is 0 Å². The van der Waals surface area contributed by atoms with Crippen molar-refractivity contribution in [3.05, 3.63) is 11.8 Å². The maximum atomic E-state index is 13.4. The highest BCUT2D eigenvalue weighted by molar-refractivity contribution is 5.96. The molecule has 0 radical (unpaired) electrons. The zero-order chi connectivity index (χ0) is 22.1. The van der Waals surface area contributed by atoms with Crippen molar-refractivity contribution in [2.75, 3.05) is 39.3 Å². The molecule has 6 rings (SSSR count). The highest BCUT2D eigenvalue weighted by Gasteiger charge is 2.48. The van der Waals surface area contributed by atoms with Gasteiger partial charge in [-0.2, -0.15) is 5.10 Å². The van der Waals surface area contributed by atoms with Crippen molar-refractivity contribution in [3.8, 4) is 5.88 Å². The minimum absolute atomic E-state index is 0.00597. The largest absolute Gasteiger partial charge is 0.477 e. The molecule has 1 aromatic rings. The van der Waals surface area contributed by atoms with Crippen LogP contribution in [0.25, 0.3) is 0 Å². The van der Waals surface area contributed by atoms with Crippen LogP contribution in [-0.2, 0) is 6.54 Å². The number of aromatic nitrogens is 2. The van der Waals surface area contributed by atoms with E-state index in [0.29, 0.717) is 41.8 Å². The van der Waals surface area contributed by atoms with Crippen molar-refractivity contribution >= 4 is 5.91 Å². The van der Waals surface area contributed by atoms with Crippen LogP contribution in [0.15, 0.2) is 6.20 Å². The maximum Gasteiger partial charge on any atom is 0.258 e. The molecule has 5 aliphatic rings. The number of nitrogens with one attached hydrogen (secondary N) is 2. The van der Waals surface area contributed by atoms with Gasteiger partial charge in [0, 0.05) is 25.7 Å². The van der Waals surface area contributed by atoms with Crippen LogP contribution in [0.1, 0.15) is 62.7 Å². The van der Waals surface area contributed by atoms with Gasteiger partial charge in [-0.25, -0.2) is 4.68 Å². The summed E-state index contributed by atoms with van der Waals surface area (Å²) in [5.41, 5.74) is 0.608. The Balaban J connectivity index is 1.27. The summed E-state index contributed by atoms with van der Waals surface area (Å²) in [7, 11) is 0. The molecule has 0 spiro atoms. The Morgan fingerprint density at radius 1 is 1.12 bits per heavy atom. The molecule has 1 aromatic heterocycles. The SMILES string of the molecule is CC(C)COc1c(C(=O)NC2C3CC4CC(C3)CC2C4)cnn1CCN1CCCNCC1. The van der Waals surface area contributed by atoms with Crippen molar-refractivity contribution in [3.63, 3.8) is 0 Å². The molecular formula is C25H41N5O2. The summed E-state index contributed by atoms with van der Waals surface area (Å²) in [4.78, 5) is 15.9. The lowest BCUT2D eigenvalue weighted by molar-refractivity contribution is -0.0120. The summed E-state index contributed by atoms with van der Waals surface area (Å²) >= 11 is 0. The molecular weight excluding hydrogens is 402 g/mol. The van der Waals surface area contributed by atoms with E-state index >= 15 is 0 Å². The van der Waals surface area contributed by atoms with Crippen molar-refractivity contribution in [2.45, 2.75) is 65.0 Å². The highest BCUT2D eigenvalue weighted by Crippen LogP contribution is 2.53. The predicted molar refractivity (Wildman–Crippen MR) is 125 cm³/mol. The van der Waals surface area contributed by atoms with Crippen LogP contribution in [-0.4, -0.2) is 66.0 Å². The molecule has 1 amide bonds. The number of hydrogen-bond acceptors (Lipinski definition) is 5. The Kier molecular flexibility index (Phi) is 6.74. The molecule has 2 N–H and O–H groups in total. The molecule has 5 fully saturated rings. The number of rotatable bonds is 8. The Bertz CT molecular complexity index is 755. The van der Waals surface area contributed by atoms with Crippen LogP contribution in [0.3, 0.4) is 0 Å². The van der Waals surface area contributed by atoms with Gasteiger partial charge in [0.05, 0.1) is 19.3 Å². The quantitative estimate of drug-likeness (QED) is 0.647.